The lowest BCUT2D eigenvalue weighted by Gasteiger charge is -2.12. The third kappa shape index (κ3) is 5.43. The van der Waals surface area contributed by atoms with Gasteiger partial charge in [0.2, 0.25) is 11.8 Å². The normalized spacial score (nSPS) is 9.90. The SMILES string of the molecule is CC(=O)NCCC(=O)Nc1ccc(C(=O)N(C)C)c(Cl)c1. The predicted molar refractivity (Wildman–Crippen MR) is 81.4 cm³/mol. The summed E-state index contributed by atoms with van der Waals surface area (Å²) < 4.78 is 0. The van der Waals surface area contributed by atoms with E-state index in [9.17, 15) is 14.4 Å². The van der Waals surface area contributed by atoms with Gasteiger partial charge in [-0.3, -0.25) is 14.4 Å². The fourth-order valence-electron chi connectivity index (χ4n) is 1.58. The first kappa shape index (κ1) is 17.0. The molecule has 0 unspecified atom stereocenters. The highest BCUT2D eigenvalue weighted by Gasteiger charge is 2.13. The Labute approximate surface area is 128 Å². The first-order valence-electron chi connectivity index (χ1n) is 6.36. The lowest BCUT2D eigenvalue weighted by atomic mass is 10.2. The molecule has 0 radical (unpaired) electrons. The summed E-state index contributed by atoms with van der Waals surface area (Å²) in [5.41, 5.74) is 0.876. The van der Waals surface area contributed by atoms with Crippen LogP contribution >= 0.6 is 11.6 Å². The summed E-state index contributed by atoms with van der Waals surface area (Å²) in [4.78, 5) is 35.6. The second kappa shape index (κ2) is 7.64. The Morgan fingerprint density at radius 1 is 1.24 bits per heavy atom. The minimum Gasteiger partial charge on any atom is -0.356 e. The number of hydrogen-bond acceptors (Lipinski definition) is 3. The molecule has 0 aliphatic rings. The average molecular weight is 312 g/mol. The third-order valence-electron chi connectivity index (χ3n) is 2.62. The maximum atomic E-state index is 11.8. The molecule has 1 rings (SSSR count). The van der Waals surface area contributed by atoms with Crippen molar-refractivity contribution in [3.8, 4) is 0 Å². The van der Waals surface area contributed by atoms with E-state index in [2.05, 4.69) is 10.6 Å². The molecule has 6 nitrogen and oxygen atoms in total. The standard InChI is InChI=1S/C14H18ClN3O3/c1-9(19)16-7-6-13(20)17-10-4-5-11(12(15)8-10)14(21)18(2)3/h4-5,8H,6-7H2,1-3H3,(H,16,19)(H,17,20). The van der Waals surface area contributed by atoms with Gasteiger partial charge in [0.1, 0.15) is 0 Å². The lowest BCUT2D eigenvalue weighted by molar-refractivity contribution is -0.119. The van der Waals surface area contributed by atoms with Gasteiger partial charge in [0.05, 0.1) is 10.6 Å². The van der Waals surface area contributed by atoms with Crippen molar-refractivity contribution in [2.45, 2.75) is 13.3 Å². The Morgan fingerprint density at radius 2 is 1.90 bits per heavy atom. The third-order valence-corrected chi connectivity index (χ3v) is 2.93. The highest BCUT2D eigenvalue weighted by atomic mass is 35.5. The molecule has 1 aromatic carbocycles. The molecule has 0 aromatic heterocycles. The van der Waals surface area contributed by atoms with E-state index >= 15 is 0 Å². The van der Waals surface area contributed by atoms with Crippen LogP contribution < -0.4 is 10.6 Å². The second-order valence-electron chi connectivity index (χ2n) is 4.68. The summed E-state index contributed by atoms with van der Waals surface area (Å²) in [5, 5.41) is 5.46. The number of benzene rings is 1. The van der Waals surface area contributed by atoms with Gasteiger partial charge in [-0.1, -0.05) is 11.6 Å². The van der Waals surface area contributed by atoms with E-state index in [-0.39, 0.29) is 35.7 Å². The number of nitrogens with one attached hydrogen (secondary N) is 2. The Bertz CT molecular complexity index is 558. The summed E-state index contributed by atoms with van der Waals surface area (Å²) >= 11 is 6.04. The molecule has 0 bridgehead atoms. The lowest BCUT2D eigenvalue weighted by Crippen LogP contribution is -2.25. The van der Waals surface area contributed by atoms with Crippen LogP contribution in [0.2, 0.25) is 5.02 Å². The molecule has 0 fully saturated rings. The van der Waals surface area contributed by atoms with Crippen LogP contribution in [-0.2, 0) is 9.59 Å². The van der Waals surface area contributed by atoms with E-state index in [0.717, 1.165) is 0 Å². The fraction of sp³-hybridized carbons (Fsp3) is 0.357. The Hall–Kier alpha value is -2.08. The summed E-state index contributed by atoms with van der Waals surface area (Å²) in [6.07, 6.45) is 0.162. The van der Waals surface area contributed by atoms with Gasteiger partial charge in [0.25, 0.3) is 5.91 Å². The van der Waals surface area contributed by atoms with E-state index in [1.54, 1.807) is 26.2 Å². The van der Waals surface area contributed by atoms with E-state index in [0.29, 0.717) is 11.3 Å². The van der Waals surface area contributed by atoms with Gasteiger partial charge in [0, 0.05) is 39.7 Å². The molecule has 7 heteroatoms. The number of halogens is 1. The minimum atomic E-state index is -0.244. The van der Waals surface area contributed by atoms with Gasteiger partial charge in [-0.2, -0.15) is 0 Å². The van der Waals surface area contributed by atoms with Gasteiger partial charge >= 0.3 is 0 Å². The Morgan fingerprint density at radius 3 is 2.43 bits per heavy atom. The molecule has 2 N–H and O–H groups in total. The first-order valence-corrected chi connectivity index (χ1v) is 6.74. The molecule has 0 heterocycles. The largest absolute Gasteiger partial charge is 0.356 e. The molecule has 0 saturated carbocycles. The van der Waals surface area contributed by atoms with Crippen molar-refractivity contribution in [2.75, 3.05) is 26.0 Å². The molecular formula is C14H18ClN3O3. The van der Waals surface area contributed by atoms with Gasteiger partial charge in [-0.05, 0) is 18.2 Å². The van der Waals surface area contributed by atoms with Crippen molar-refractivity contribution in [3.63, 3.8) is 0 Å². The van der Waals surface area contributed by atoms with Gasteiger partial charge in [-0.25, -0.2) is 0 Å². The fourth-order valence-corrected chi connectivity index (χ4v) is 1.84. The molecule has 21 heavy (non-hydrogen) atoms. The van der Waals surface area contributed by atoms with Crippen LogP contribution in [0.3, 0.4) is 0 Å². The van der Waals surface area contributed by atoms with Crippen LogP contribution in [0.1, 0.15) is 23.7 Å². The van der Waals surface area contributed by atoms with Crippen LogP contribution in [0.25, 0.3) is 0 Å². The van der Waals surface area contributed by atoms with Crippen molar-refractivity contribution < 1.29 is 14.4 Å². The van der Waals surface area contributed by atoms with Crippen LogP contribution in [0.5, 0.6) is 0 Å². The van der Waals surface area contributed by atoms with E-state index in [1.807, 2.05) is 0 Å². The second-order valence-corrected chi connectivity index (χ2v) is 5.08. The van der Waals surface area contributed by atoms with Crippen LogP contribution in [-0.4, -0.2) is 43.3 Å². The molecule has 0 aliphatic carbocycles. The number of anilines is 1. The molecular weight excluding hydrogens is 294 g/mol. The van der Waals surface area contributed by atoms with Gasteiger partial charge in [0.15, 0.2) is 0 Å². The Kier molecular flexibility index (Phi) is 6.17. The van der Waals surface area contributed by atoms with E-state index in [4.69, 9.17) is 11.6 Å². The summed E-state index contributed by atoms with van der Waals surface area (Å²) in [7, 11) is 3.27. The van der Waals surface area contributed by atoms with Crippen molar-refractivity contribution in [1.29, 1.82) is 0 Å². The predicted octanol–water partition coefficient (Wildman–Crippen LogP) is 1.51. The van der Waals surface area contributed by atoms with Gasteiger partial charge in [-0.15, -0.1) is 0 Å². The van der Waals surface area contributed by atoms with Crippen LogP contribution in [0.15, 0.2) is 18.2 Å². The maximum Gasteiger partial charge on any atom is 0.254 e. The maximum absolute atomic E-state index is 11.8. The minimum absolute atomic E-state index is 0.162. The molecule has 0 spiro atoms. The summed E-state index contributed by atoms with van der Waals surface area (Å²) in [5.74, 6) is -0.632. The smallest absolute Gasteiger partial charge is 0.254 e. The summed E-state index contributed by atoms with van der Waals surface area (Å²) in [6.45, 7) is 1.66. The Balaban J connectivity index is 2.65. The summed E-state index contributed by atoms with van der Waals surface area (Å²) in [6, 6.07) is 4.70. The number of carbonyl (C=O) groups is 3. The molecule has 1 aromatic rings. The topological polar surface area (TPSA) is 78.5 Å². The van der Waals surface area contributed by atoms with Crippen LogP contribution in [0.4, 0.5) is 5.69 Å². The highest BCUT2D eigenvalue weighted by molar-refractivity contribution is 6.34. The number of rotatable bonds is 5. The zero-order valence-electron chi connectivity index (χ0n) is 12.2. The van der Waals surface area contributed by atoms with E-state index in [1.165, 1.54) is 17.9 Å². The zero-order chi connectivity index (χ0) is 16.0. The number of carbonyl (C=O) groups excluding carboxylic acids is 3. The zero-order valence-corrected chi connectivity index (χ0v) is 13.0. The quantitative estimate of drug-likeness (QED) is 0.865. The monoisotopic (exact) mass is 311 g/mol. The molecule has 0 saturated heterocycles. The number of amides is 3. The molecule has 3 amide bonds. The average Bonchev–Trinajstić information content (AvgIpc) is 2.37. The van der Waals surface area contributed by atoms with E-state index < -0.39 is 0 Å². The number of nitrogens with zero attached hydrogens (tertiary/aromatic N) is 1. The molecule has 114 valence electrons. The van der Waals surface area contributed by atoms with Crippen molar-refractivity contribution in [1.82, 2.24) is 10.2 Å². The first-order chi connectivity index (χ1) is 9.81. The van der Waals surface area contributed by atoms with Crippen LogP contribution in [0, 0.1) is 0 Å². The van der Waals surface area contributed by atoms with Gasteiger partial charge < -0.3 is 15.5 Å². The molecule has 0 aliphatic heterocycles. The molecule has 0 atom stereocenters. The van der Waals surface area contributed by atoms with Crippen molar-refractivity contribution in [2.24, 2.45) is 0 Å². The highest BCUT2D eigenvalue weighted by Crippen LogP contribution is 2.22. The van der Waals surface area contributed by atoms with Crippen molar-refractivity contribution >= 4 is 35.0 Å². The number of hydrogen-bond donors (Lipinski definition) is 2. The van der Waals surface area contributed by atoms with Crippen molar-refractivity contribution in [3.05, 3.63) is 28.8 Å².